The summed E-state index contributed by atoms with van der Waals surface area (Å²) in [4.78, 5) is 26.6. The molecule has 0 saturated carbocycles. The molecule has 2 heterocycles. The van der Waals surface area contributed by atoms with Gasteiger partial charge in [-0.1, -0.05) is 24.3 Å². The summed E-state index contributed by atoms with van der Waals surface area (Å²) in [6.07, 6.45) is 1.46. The number of rotatable bonds is 3. The number of fused-ring (bicyclic) bond motifs is 1. The summed E-state index contributed by atoms with van der Waals surface area (Å²) in [7, 11) is 0. The van der Waals surface area contributed by atoms with Crippen molar-refractivity contribution in [1.82, 2.24) is 10.2 Å². The largest absolute Gasteiger partial charge is 0.483 e. The first kappa shape index (κ1) is 18.3. The fourth-order valence-electron chi connectivity index (χ4n) is 3.68. The molecule has 2 aromatic rings. The Hall–Kier alpha value is -3.09. The first-order chi connectivity index (χ1) is 13.6. The molecule has 1 unspecified atom stereocenters. The molecule has 1 saturated heterocycles. The third kappa shape index (κ3) is 3.65. The molecule has 2 amide bonds. The van der Waals surface area contributed by atoms with Crippen molar-refractivity contribution < 1.29 is 23.5 Å². The third-order valence-corrected chi connectivity index (χ3v) is 5.11. The van der Waals surface area contributed by atoms with E-state index in [1.807, 2.05) is 6.07 Å². The molecule has 6 nitrogen and oxygen atoms in total. The lowest BCUT2D eigenvalue weighted by Gasteiger charge is -2.42. The minimum absolute atomic E-state index is 0.0504. The lowest BCUT2D eigenvalue weighted by molar-refractivity contribution is -0.138. The Morgan fingerprint density at radius 3 is 2.86 bits per heavy atom. The monoisotopic (exact) mass is 384 g/mol. The van der Waals surface area contributed by atoms with Crippen LogP contribution in [0.1, 0.15) is 23.2 Å². The quantitative estimate of drug-likeness (QED) is 0.882. The van der Waals surface area contributed by atoms with E-state index in [4.69, 9.17) is 9.47 Å². The van der Waals surface area contributed by atoms with Gasteiger partial charge in [0.25, 0.3) is 11.8 Å². The lowest BCUT2D eigenvalue weighted by Crippen LogP contribution is -2.58. The molecule has 1 fully saturated rings. The number of carbonyl (C=O) groups excluding carboxylic acids is 2. The second-order valence-corrected chi connectivity index (χ2v) is 7.10. The Labute approximate surface area is 162 Å². The van der Waals surface area contributed by atoms with E-state index in [1.54, 1.807) is 35.2 Å². The number of carbonyl (C=O) groups is 2. The second kappa shape index (κ2) is 7.50. The standard InChI is InChI=1S/C21H21FN2O4/c22-16-7-2-4-9-18(16)27-12-19(25)24-11-5-10-21(14-24)13-23-20(26)15-6-1-3-8-17(15)28-21/h1-4,6-9H,5,10-14H2,(H,23,26). The van der Waals surface area contributed by atoms with Gasteiger partial charge in [0.15, 0.2) is 18.2 Å². The van der Waals surface area contributed by atoms with Crippen molar-refractivity contribution in [2.75, 3.05) is 26.2 Å². The van der Waals surface area contributed by atoms with Gasteiger partial charge < -0.3 is 19.7 Å². The third-order valence-electron chi connectivity index (χ3n) is 5.11. The van der Waals surface area contributed by atoms with E-state index in [0.717, 1.165) is 12.8 Å². The maximum atomic E-state index is 13.7. The number of nitrogens with zero attached hydrogens (tertiary/aromatic N) is 1. The Kier molecular flexibility index (Phi) is 4.90. The van der Waals surface area contributed by atoms with E-state index in [0.29, 0.717) is 30.9 Å². The van der Waals surface area contributed by atoms with Crippen LogP contribution in [0.25, 0.3) is 0 Å². The Morgan fingerprint density at radius 2 is 2.00 bits per heavy atom. The van der Waals surface area contributed by atoms with Crippen molar-refractivity contribution in [2.45, 2.75) is 18.4 Å². The van der Waals surface area contributed by atoms with Crippen LogP contribution in [0.2, 0.25) is 0 Å². The van der Waals surface area contributed by atoms with Gasteiger partial charge in [0, 0.05) is 6.54 Å². The molecule has 0 aliphatic carbocycles. The molecule has 2 aromatic carbocycles. The molecule has 1 atom stereocenters. The molecular weight excluding hydrogens is 363 g/mol. The molecule has 4 rings (SSSR count). The van der Waals surface area contributed by atoms with Crippen LogP contribution >= 0.6 is 0 Å². The first-order valence-corrected chi connectivity index (χ1v) is 9.28. The van der Waals surface area contributed by atoms with Crippen LogP contribution in [-0.2, 0) is 4.79 Å². The van der Waals surface area contributed by atoms with Crippen LogP contribution in [-0.4, -0.2) is 48.6 Å². The summed E-state index contributed by atoms with van der Waals surface area (Å²) in [6.45, 7) is 0.972. The smallest absolute Gasteiger partial charge is 0.260 e. The van der Waals surface area contributed by atoms with Gasteiger partial charge in [-0.2, -0.15) is 0 Å². The highest BCUT2D eigenvalue weighted by Crippen LogP contribution is 2.32. The number of hydrogen-bond acceptors (Lipinski definition) is 4. The first-order valence-electron chi connectivity index (χ1n) is 9.28. The van der Waals surface area contributed by atoms with Crippen molar-refractivity contribution in [3.05, 3.63) is 59.9 Å². The summed E-state index contributed by atoms with van der Waals surface area (Å²) in [6, 6.07) is 13.1. The Balaban J connectivity index is 1.46. The van der Waals surface area contributed by atoms with Gasteiger partial charge >= 0.3 is 0 Å². The van der Waals surface area contributed by atoms with Gasteiger partial charge in [0.2, 0.25) is 0 Å². The van der Waals surface area contributed by atoms with Crippen molar-refractivity contribution >= 4 is 11.8 Å². The zero-order chi connectivity index (χ0) is 19.6. The predicted molar refractivity (Wildman–Crippen MR) is 99.8 cm³/mol. The van der Waals surface area contributed by atoms with Gasteiger partial charge in [-0.15, -0.1) is 0 Å². The van der Waals surface area contributed by atoms with Gasteiger partial charge in [0.05, 0.1) is 18.7 Å². The summed E-state index contributed by atoms with van der Waals surface area (Å²) >= 11 is 0. The van der Waals surface area contributed by atoms with E-state index in [-0.39, 0.29) is 24.2 Å². The SMILES string of the molecule is O=C1NCC2(CCCN(C(=O)COc3ccccc3F)C2)Oc2ccccc21. The predicted octanol–water partition coefficient (Wildman–Crippen LogP) is 2.39. The number of likely N-dealkylation sites (tertiary alicyclic amines) is 1. The highest BCUT2D eigenvalue weighted by Gasteiger charge is 2.42. The van der Waals surface area contributed by atoms with Gasteiger partial charge in [0.1, 0.15) is 11.4 Å². The van der Waals surface area contributed by atoms with E-state index >= 15 is 0 Å². The molecular formula is C21H21FN2O4. The number of amides is 2. The van der Waals surface area contributed by atoms with Crippen molar-refractivity contribution in [3.63, 3.8) is 0 Å². The molecule has 1 N–H and O–H groups in total. The second-order valence-electron chi connectivity index (χ2n) is 7.10. The van der Waals surface area contributed by atoms with Crippen molar-refractivity contribution in [2.24, 2.45) is 0 Å². The van der Waals surface area contributed by atoms with Crippen LogP contribution in [0.4, 0.5) is 4.39 Å². The normalized spacial score (nSPS) is 21.3. The van der Waals surface area contributed by atoms with Crippen LogP contribution in [0.3, 0.4) is 0 Å². The number of ether oxygens (including phenoxy) is 2. The van der Waals surface area contributed by atoms with E-state index in [2.05, 4.69) is 5.32 Å². The number of hydrogen-bond donors (Lipinski definition) is 1. The van der Waals surface area contributed by atoms with Crippen LogP contribution in [0, 0.1) is 5.82 Å². The van der Waals surface area contributed by atoms with Gasteiger partial charge in [-0.05, 0) is 37.1 Å². The molecule has 28 heavy (non-hydrogen) atoms. The van der Waals surface area contributed by atoms with Crippen molar-refractivity contribution in [3.8, 4) is 11.5 Å². The molecule has 2 aliphatic rings. The Morgan fingerprint density at radius 1 is 1.21 bits per heavy atom. The fraction of sp³-hybridized carbons (Fsp3) is 0.333. The Bertz CT molecular complexity index is 903. The van der Waals surface area contributed by atoms with Crippen LogP contribution in [0.15, 0.2) is 48.5 Å². The van der Waals surface area contributed by atoms with Crippen LogP contribution in [0.5, 0.6) is 11.5 Å². The summed E-state index contributed by atoms with van der Waals surface area (Å²) in [5.41, 5.74) is -0.195. The number of piperidine rings is 1. The molecule has 2 aliphatic heterocycles. The van der Waals surface area contributed by atoms with E-state index < -0.39 is 11.4 Å². The summed E-state index contributed by atoms with van der Waals surface area (Å²) in [5, 5.41) is 2.90. The van der Waals surface area contributed by atoms with Gasteiger partial charge in [-0.3, -0.25) is 9.59 Å². The average Bonchev–Trinajstić information content (AvgIpc) is 2.84. The van der Waals surface area contributed by atoms with E-state index in [1.165, 1.54) is 12.1 Å². The topological polar surface area (TPSA) is 67.9 Å². The summed E-state index contributed by atoms with van der Waals surface area (Å²) < 4.78 is 25.3. The summed E-state index contributed by atoms with van der Waals surface area (Å²) in [5.74, 6) is -0.352. The minimum atomic E-state index is -0.686. The lowest BCUT2D eigenvalue weighted by atomic mass is 9.92. The molecule has 0 aromatic heterocycles. The molecule has 0 radical (unpaired) electrons. The highest BCUT2D eigenvalue weighted by atomic mass is 19.1. The maximum Gasteiger partial charge on any atom is 0.260 e. The van der Waals surface area contributed by atoms with Crippen molar-refractivity contribution in [1.29, 1.82) is 0 Å². The highest BCUT2D eigenvalue weighted by molar-refractivity contribution is 5.97. The molecule has 1 spiro atoms. The number of nitrogens with one attached hydrogen (secondary N) is 1. The van der Waals surface area contributed by atoms with Gasteiger partial charge in [-0.25, -0.2) is 4.39 Å². The average molecular weight is 384 g/mol. The zero-order valence-electron chi connectivity index (χ0n) is 15.3. The molecule has 0 bridgehead atoms. The zero-order valence-corrected chi connectivity index (χ0v) is 15.3. The number of para-hydroxylation sites is 2. The fourth-order valence-corrected chi connectivity index (χ4v) is 3.68. The minimum Gasteiger partial charge on any atom is -0.483 e. The molecule has 7 heteroatoms. The molecule has 146 valence electrons. The maximum absolute atomic E-state index is 13.7. The number of halogens is 1. The number of benzene rings is 2. The van der Waals surface area contributed by atoms with Crippen LogP contribution < -0.4 is 14.8 Å². The van der Waals surface area contributed by atoms with E-state index in [9.17, 15) is 14.0 Å².